The molecule has 2 rings (SSSR count). The minimum atomic E-state index is -3.23. The fourth-order valence-electron chi connectivity index (χ4n) is 2.23. The van der Waals surface area contributed by atoms with Gasteiger partial charge in [-0.05, 0) is 12.0 Å². The molecule has 5 nitrogen and oxygen atoms in total. The van der Waals surface area contributed by atoms with Crippen molar-refractivity contribution in [3.8, 4) is 0 Å². The maximum Gasteiger partial charge on any atom is 0.177 e. The Hall–Kier alpha value is -1.14. The molecule has 1 aliphatic heterocycles. The fraction of sp³-hybridized carbons (Fsp3) is 0.583. The van der Waals surface area contributed by atoms with Crippen LogP contribution in [-0.2, 0) is 16.3 Å². The fourth-order valence-corrected chi connectivity index (χ4v) is 3.16. The van der Waals surface area contributed by atoms with Crippen molar-refractivity contribution in [3.63, 3.8) is 0 Å². The summed E-state index contributed by atoms with van der Waals surface area (Å²) in [5.74, 6) is 0. The standard InChI is InChI=1S/C12H18N3O2S/c1-3-10-11(15-6-4-13-5-7-15)8-14-9-12(10)18(2,16)17/h9,13H,3-7H2,1-2H3. The Kier molecular flexibility index (Phi) is 3.87. The number of nitrogens with zero attached hydrogens (tertiary/aromatic N) is 2. The van der Waals surface area contributed by atoms with E-state index in [0.29, 0.717) is 11.3 Å². The Balaban J connectivity index is 2.47. The van der Waals surface area contributed by atoms with Crippen LogP contribution in [0.2, 0.25) is 0 Å². The number of pyridine rings is 1. The van der Waals surface area contributed by atoms with Crippen molar-refractivity contribution in [2.24, 2.45) is 0 Å². The summed E-state index contributed by atoms with van der Waals surface area (Å²) in [7, 11) is -3.23. The van der Waals surface area contributed by atoms with Crippen LogP contribution in [0.25, 0.3) is 0 Å². The zero-order chi connectivity index (χ0) is 13.2. The maximum absolute atomic E-state index is 11.8. The molecule has 1 aromatic rings. The van der Waals surface area contributed by atoms with Crippen LogP contribution in [0.1, 0.15) is 12.5 Å². The Morgan fingerprint density at radius 2 is 2.11 bits per heavy atom. The van der Waals surface area contributed by atoms with Crippen molar-refractivity contribution in [3.05, 3.63) is 18.0 Å². The second kappa shape index (κ2) is 5.24. The third-order valence-corrected chi connectivity index (χ3v) is 4.27. The first kappa shape index (κ1) is 13.3. The molecule has 1 saturated heterocycles. The van der Waals surface area contributed by atoms with Crippen LogP contribution in [0.5, 0.6) is 0 Å². The number of rotatable bonds is 3. The maximum atomic E-state index is 11.8. The minimum absolute atomic E-state index is 0.331. The van der Waals surface area contributed by atoms with Gasteiger partial charge in [0.05, 0.1) is 10.6 Å². The Bertz CT molecular complexity index is 522. The van der Waals surface area contributed by atoms with Gasteiger partial charge in [0.1, 0.15) is 6.20 Å². The lowest BCUT2D eigenvalue weighted by Gasteiger charge is -2.30. The molecule has 1 radical (unpaired) electrons. The highest BCUT2D eigenvalue weighted by atomic mass is 32.2. The number of sulfone groups is 1. The van der Waals surface area contributed by atoms with Crippen molar-refractivity contribution >= 4 is 15.5 Å². The van der Waals surface area contributed by atoms with Gasteiger partial charge >= 0.3 is 0 Å². The second-order valence-electron chi connectivity index (χ2n) is 4.42. The summed E-state index contributed by atoms with van der Waals surface area (Å²) in [6, 6.07) is 0. The number of hydrogen-bond donors (Lipinski definition) is 1. The van der Waals surface area contributed by atoms with Gasteiger partial charge in [0.15, 0.2) is 9.84 Å². The lowest BCUT2D eigenvalue weighted by Crippen LogP contribution is -2.44. The van der Waals surface area contributed by atoms with E-state index in [1.165, 1.54) is 12.5 Å². The van der Waals surface area contributed by atoms with Crippen molar-refractivity contribution < 1.29 is 8.42 Å². The van der Waals surface area contributed by atoms with E-state index in [0.717, 1.165) is 37.4 Å². The van der Waals surface area contributed by atoms with Crippen molar-refractivity contribution in [1.82, 2.24) is 10.3 Å². The first-order chi connectivity index (χ1) is 8.54. The zero-order valence-corrected chi connectivity index (χ0v) is 11.5. The quantitative estimate of drug-likeness (QED) is 0.852. The van der Waals surface area contributed by atoms with Gasteiger partial charge < -0.3 is 10.2 Å². The van der Waals surface area contributed by atoms with Crippen molar-refractivity contribution in [2.75, 3.05) is 37.3 Å². The van der Waals surface area contributed by atoms with E-state index >= 15 is 0 Å². The lowest BCUT2D eigenvalue weighted by molar-refractivity contribution is 0.584. The molecule has 0 spiro atoms. The molecule has 1 N–H and O–H groups in total. The third kappa shape index (κ3) is 2.64. The van der Waals surface area contributed by atoms with Gasteiger partial charge in [-0.15, -0.1) is 0 Å². The highest BCUT2D eigenvalue weighted by Gasteiger charge is 2.20. The van der Waals surface area contributed by atoms with Crippen LogP contribution >= 0.6 is 0 Å². The van der Waals surface area contributed by atoms with Crippen LogP contribution in [-0.4, -0.2) is 45.8 Å². The van der Waals surface area contributed by atoms with Gasteiger partial charge in [-0.1, -0.05) is 6.92 Å². The molecule has 0 unspecified atom stereocenters. The number of anilines is 1. The summed E-state index contributed by atoms with van der Waals surface area (Å²) in [5, 5.41) is 3.27. The van der Waals surface area contributed by atoms with Crippen LogP contribution in [0.3, 0.4) is 0 Å². The van der Waals surface area contributed by atoms with Crippen LogP contribution < -0.4 is 10.2 Å². The molecular weight excluding hydrogens is 250 g/mol. The molecule has 1 aromatic heterocycles. The predicted octanol–water partition coefficient (Wildman–Crippen LogP) is 0.257. The van der Waals surface area contributed by atoms with Gasteiger partial charge in [0, 0.05) is 38.6 Å². The van der Waals surface area contributed by atoms with Gasteiger partial charge in [-0.2, -0.15) is 0 Å². The normalized spacial score (nSPS) is 16.9. The van der Waals surface area contributed by atoms with Gasteiger partial charge in [-0.3, -0.25) is 4.98 Å². The van der Waals surface area contributed by atoms with Crippen molar-refractivity contribution in [1.29, 1.82) is 0 Å². The Morgan fingerprint density at radius 3 is 2.67 bits per heavy atom. The summed E-state index contributed by atoms with van der Waals surface area (Å²) in [6.07, 6.45) is 6.25. The lowest BCUT2D eigenvalue weighted by atomic mass is 10.1. The number of piperazine rings is 1. The molecule has 0 aliphatic carbocycles. The molecule has 0 bridgehead atoms. The van der Waals surface area contributed by atoms with E-state index in [-0.39, 0.29) is 0 Å². The number of hydrogen-bond acceptors (Lipinski definition) is 5. The van der Waals surface area contributed by atoms with Crippen LogP contribution in [0, 0.1) is 6.20 Å². The first-order valence-corrected chi connectivity index (χ1v) is 7.98. The van der Waals surface area contributed by atoms with Gasteiger partial charge in [-0.25, -0.2) is 8.42 Å². The zero-order valence-electron chi connectivity index (χ0n) is 10.7. The summed E-state index contributed by atoms with van der Waals surface area (Å²) >= 11 is 0. The molecule has 1 aliphatic rings. The van der Waals surface area contributed by atoms with Gasteiger partial charge in [0.25, 0.3) is 0 Å². The van der Waals surface area contributed by atoms with E-state index in [1.807, 2.05) is 6.92 Å². The topological polar surface area (TPSA) is 62.3 Å². The predicted molar refractivity (Wildman–Crippen MR) is 70.6 cm³/mol. The average Bonchev–Trinajstić information content (AvgIpc) is 2.37. The monoisotopic (exact) mass is 268 g/mol. The summed E-state index contributed by atoms with van der Waals surface area (Å²) in [5.41, 5.74) is 1.66. The molecule has 6 heteroatoms. The summed E-state index contributed by atoms with van der Waals surface area (Å²) < 4.78 is 23.5. The Morgan fingerprint density at radius 1 is 1.44 bits per heavy atom. The largest absolute Gasteiger partial charge is 0.367 e. The molecule has 0 atom stereocenters. The van der Waals surface area contributed by atoms with Crippen LogP contribution in [0.4, 0.5) is 5.69 Å². The van der Waals surface area contributed by atoms with E-state index in [4.69, 9.17) is 0 Å². The molecule has 2 heterocycles. The first-order valence-electron chi connectivity index (χ1n) is 6.09. The summed E-state index contributed by atoms with van der Waals surface area (Å²) in [4.78, 5) is 6.45. The third-order valence-electron chi connectivity index (χ3n) is 3.12. The van der Waals surface area contributed by atoms with E-state index < -0.39 is 9.84 Å². The highest BCUT2D eigenvalue weighted by Crippen LogP contribution is 2.26. The summed E-state index contributed by atoms with van der Waals surface area (Å²) in [6.45, 7) is 5.49. The average molecular weight is 268 g/mol. The molecule has 0 saturated carbocycles. The minimum Gasteiger partial charge on any atom is -0.367 e. The molecule has 18 heavy (non-hydrogen) atoms. The molecule has 0 amide bonds. The van der Waals surface area contributed by atoms with E-state index in [9.17, 15) is 8.42 Å². The van der Waals surface area contributed by atoms with Crippen molar-refractivity contribution in [2.45, 2.75) is 18.2 Å². The van der Waals surface area contributed by atoms with Gasteiger partial charge in [0.2, 0.25) is 0 Å². The van der Waals surface area contributed by atoms with E-state index in [2.05, 4.69) is 21.4 Å². The highest BCUT2D eigenvalue weighted by molar-refractivity contribution is 7.90. The molecule has 1 fully saturated rings. The van der Waals surface area contributed by atoms with Crippen LogP contribution in [0.15, 0.2) is 11.1 Å². The molecule has 0 aromatic carbocycles. The smallest absolute Gasteiger partial charge is 0.177 e. The number of aromatic nitrogens is 1. The van der Waals surface area contributed by atoms with E-state index in [1.54, 1.807) is 0 Å². The molecule has 99 valence electrons. The number of nitrogens with one attached hydrogen (secondary N) is 1. The molecular formula is C12H18N3O2S. The second-order valence-corrected chi connectivity index (χ2v) is 6.41. The SMILES string of the molecule is CCc1c(N2CCNCC2)[c]ncc1S(C)(=O)=O. The Labute approximate surface area is 108 Å².